The van der Waals surface area contributed by atoms with Gasteiger partial charge in [-0.1, -0.05) is 58.3 Å². The summed E-state index contributed by atoms with van der Waals surface area (Å²) in [5.74, 6) is 0.799. The predicted molar refractivity (Wildman–Crippen MR) is 133 cm³/mol. The summed E-state index contributed by atoms with van der Waals surface area (Å²) in [4.78, 5) is 32.2. The van der Waals surface area contributed by atoms with Crippen LogP contribution in [0.4, 0.5) is 10.6 Å². The van der Waals surface area contributed by atoms with E-state index in [9.17, 15) is 4.79 Å². The molecule has 1 fully saturated rings. The zero-order valence-electron chi connectivity index (χ0n) is 18.4. The molecule has 0 bridgehead atoms. The van der Waals surface area contributed by atoms with Crippen LogP contribution in [0.3, 0.4) is 0 Å². The van der Waals surface area contributed by atoms with Crippen molar-refractivity contribution in [3.05, 3.63) is 27.6 Å². The first kappa shape index (κ1) is 27.0. The fraction of sp³-hybridized carbons (Fsp3) is 0.526. The second kappa shape index (κ2) is 12.3. The molecule has 2 aromatic rings. The topological polar surface area (TPSA) is 84.3 Å². The normalized spacial score (nSPS) is 14.0. The molecule has 0 saturated carbocycles. The monoisotopic (exact) mass is 538 g/mol. The maximum Gasteiger partial charge on any atom is 0.410 e. The molecule has 0 aliphatic carbocycles. The first-order valence-electron chi connectivity index (χ1n) is 9.56. The van der Waals surface area contributed by atoms with E-state index < -0.39 is 5.60 Å². The van der Waals surface area contributed by atoms with Crippen molar-refractivity contribution < 1.29 is 9.53 Å². The smallest absolute Gasteiger partial charge is 0.410 e. The predicted octanol–water partition coefficient (Wildman–Crippen LogP) is 5.41. The van der Waals surface area contributed by atoms with Gasteiger partial charge in [-0.3, -0.25) is 0 Å². The van der Waals surface area contributed by atoms with Crippen LogP contribution in [0, 0.1) is 0 Å². The number of aromatic nitrogens is 4. The molecule has 176 valence electrons. The van der Waals surface area contributed by atoms with Crippen LogP contribution < -0.4 is 4.90 Å². The Balaban J connectivity index is 0.000000303. The van der Waals surface area contributed by atoms with Gasteiger partial charge in [-0.25, -0.2) is 24.7 Å². The SMILES string of the molecule is CSc1nc(Cl)cc(Cl)n1.CSc1nc(Cl)cc(N2CCN(C(=O)OC(C)(C)C)CC2)n1. The van der Waals surface area contributed by atoms with E-state index in [1.54, 1.807) is 11.0 Å². The van der Waals surface area contributed by atoms with Crippen LogP contribution in [-0.4, -0.2) is 75.2 Å². The van der Waals surface area contributed by atoms with Crippen molar-refractivity contribution in [2.24, 2.45) is 0 Å². The van der Waals surface area contributed by atoms with Gasteiger partial charge in [0.2, 0.25) is 0 Å². The summed E-state index contributed by atoms with van der Waals surface area (Å²) in [5, 5.41) is 2.44. The minimum atomic E-state index is -0.471. The average Bonchev–Trinajstić information content (AvgIpc) is 2.72. The molecule has 13 heteroatoms. The summed E-state index contributed by atoms with van der Waals surface area (Å²) in [6.07, 6.45) is 3.51. The highest BCUT2D eigenvalue weighted by Gasteiger charge is 2.26. The van der Waals surface area contributed by atoms with Crippen molar-refractivity contribution in [3.63, 3.8) is 0 Å². The number of carbonyl (C=O) groups excluding carboxylic acids is 1. The van der Waals surface area contributed by atoms with Crippen molar-refractivity contribution in [1.29, 1.82) is 0 Å². The molecule has 0 spiro atoms. The van der Waals surface area contributed by atoms with Gasteiger partial charge in [0.05, 0.1) is 0 Å². The Morgan fingerprint density at radius 1 is 0.875 bits per heavy atom. The molecule has 0 atom stereocenters. The number of piperazine rings is 1. The van der Waals surface area contributed by atoms with Crippen LogP contribution in [0.1, 0.15) is 20.8 Å². The minimum Gasteiger partial charge on any atom is -0.444 e. The number of hydrogen-bond donors (Lipinski definition) is 0. The van der Waals surface area contributed by atoms with Gasteiger partial charge < -0.3 is 14.5 Å². The van der Waals surface area contributed by atoms with E-state index >= 15 is 0 Å². The van der Waals surface area contributed by atoms with E-state index in [0.29, 0.717) is 52.0 Å². The molecule has 0 radical (unpaired) electrons. The number of halogens is 3. The Hall–Kier alpha value is -1.20. The molecule has 0 aromatic carbocycles. The van der Waals surface area contributed by atoms with Crippen LogP contribution in [-0.2, 0) is 4.74 Å². The molecule has 0 unspecified atom stereocenters. The molecule has 0 N–H and O–H groups in total. The lowest BCUT2D eigenvalue weighted by atomic mass is 10.2. The van der Waals surface area contributed by atoms with Gasteiger partial charge in [0.25, 0.3) is 0 Å². The molecule has 1 aliphatic heterocycles. The van der Waals surface area contributed by atoms with Crippen molar-refractivity contribution >= 4 is 70.2 Å². The fourth-order valence-electron chi connectivity index (χ4n) is 2.55. The number of amides is 1. The second-order valence-electron chi connectivity index (χ2n) is 7.49. The van der Waals surface area contributed by atoms with E-state index in [0.717, 1.165) is 5.82 Å². The summed E-state index contributed by atoms with van der Waals surface area (Å²) in [6, 6.07) is 3.26. The Kier molecular flexibility index (Phi) is 10.4. The van der Waals surface area contributed by atoms with Crippen LogP contribution in [0.5, 0.6) is 0 Å². The number of carbonyl (C=O) groups is 1. The largest absolute Gasteiger partial charge is 0.444 e. The van der Waals surface area contributed by atoms with Crippen molar-refractivity contribution in [3.8, 4) is 0 Å². The number of anilines is 1. The molecular weight excluding hydrogens is 515 g/mol. The lowest BCUT2D eigenvalue weighted by molar-refractivity contribution is 0.0240. The Bertz CT molecular complexity index is 904. The Morgan fingerprint density at radius 3 is 1.81 bits per heavy atom. The summed E-state index contributed by atoms with van der Waals surface area (Å²) < 4.78 is 5.39. The molecule has 32 heavy (non-hydrogen) atoms. The van der Waals surface area contributed by atoms with Gasteiger partial charge in [0.1, 0.15) is 26.9 Å². The number of hydrogen-bond acceptors (Lipinski definition) is 9. The third-order valence-electron chi connectivity index (χ3n) is 3.92. The van der Waals surface area contributed by atoms with Gasteiger partial charge >= 0.3 is 6.09 Å². The number of rotatable bonds is 3. The lowest BCUT2D eigenvalue weighted by Crippen LogP contribution is -2.50. The second-order valence-corrected chi connectivity index (χ2v) is 10.2. The van der Waals surface area contributed by atoms with Gasteiger partial charge in [0, 0.05) is 38.3 Å². The molecule has 2 aromatic heterocycles. The maximum absolute atomic E-state index is 12.0. The highest BCUT2D eigenvalue weighted by Crippen LogP contribution is 2.22. The lowest BCUT2D eigenvalue weighted by Gasteiger charge is -2.36. The summed E-state index contributed by atoms with van der Waals surface area (Å²) >= 11 is 20.0. The zero-order chi connectivity index (χ0) is 23.9. The number of thioether (sulfide) groups is 2. The highest BCUT2D eigenvalue weighted by atomic mass is 35.5. The van der Waals surface area contributed by atoms with Gasteiger partial charge in [0.15, 0.2) is 10.3 Å². The van der Waals surface area contributed by atoms with Crippen molar-refractivity contribution in [1.82, 2.24) is 24.8 Å². The number of ether oxygens (including phenoxy) is 1. The van der Waals surface area contributed by atoms with Crippen LogP contribution in [0.2, 0.25) is 15.5 Å². The van der Waals surface area contributed by atoms with E-state index in [1.807, 2.05) is 33.3 Å². The van der Waals surface area contributed by atoms with Gasteiger partial charge in [-0.2, -0.15) is 0 Å². The molecule has 3 rings (SSSR count). The van der Waals surface area contributed by atoms with Crippen molar-refractivity contribution in [2.45, 2.75) is 36.7 Å². The zero-order valence-corrected chi connectivity index (χ0v) is 22.3. The minimum absolute atomic E-state index is 0.266. The average molecular weight is 540 g/mol. The third-order valence-corrected chi connectivity index (χ3v) is 5.60. The van der Waals surface area contributed by atoms with E-state index in [4.69, 9.17) is 39.5 Å². The van der Waals surface area contributed by atoms with E-state index in [1.165, 1.54) is 29.6 Å². The van der Waals surface area contributed by atoms with Crippen LogP contribution >= 0.6 is 58.3 Å². The molecule has 3 heterocycles. The van der Waals surface area contributed by atoms with Crippen molar-refractivity contribution in [2.75, 3.05) is 43.6 Å². The quantitative estimate of drug-likeness (QED) is 0.288. The third kappa shape index (κ3) is 8.97. The van der Waals surface area contributed by atoms with E-state index in [-0.39, 0.29) is 6.09 Å². The Morgan fingerprint density at radius 2 is 1.34 bits per heavy atom. The molecule has 1 amide bonds. The Labute approximate surface area is 211 Å². The molecule has 1 saturated heterocycles. The van der Waals surface area contributed by atoms with Crippen LogP contribution in [0.15, 0.2) is 22.4 Å². The fourth-order valence-corrected chi connectivity index (χ4v) is 4.05. The first-order chi connectivity index (χ1) is 15.0. The summed E-state index contributed by atoms with van der Waals surface area (Å²) in [7, 11) is 0. The first-order valence-corrected chi connectivity index (χ1v) is 13.1. The number of nitrogens with zero attached hydrogens (tertiary/aromatic N) is 6. The van der Waals surface area contributed by atoms with E-state index in [2.05, 4.69) is 24.8 Å². The van der Waals surface area contributed by atoms with Gasteiger partial charge in [-0.15, -0.1) is 0 Å². The summed E-state index contributed by atoms with van der Waals surface area (Å²) in [6.45, 7) is 8.20. The summed E-state index contributed by atoms with van der Waals surface area (Å²) in [5.41, 5.74) is -0.471. The maximum atomic E-state index is 12.0. The molecule has 8 nitrogen and oxygen atoms in total. The molecular formula is C19H25Cl3N6O2S2. The standard InChI is InChI=1S/C14H21ClN4O2S.C5H4Cl2N2S/c1-14(2,3)21-13(20)19-7-5-18(6-8-19)11-9-10(15)16-12(17-11)22-4;1-10-5-8-3(6)2-4(7)9-5/h9H,5-8H2,1-4H3;2H,1H3. The highest BCUT2D eigenvalue weighted by molar-refractivity contribution is 7.98. The van der Waals surface area contributed by atoms with Gasteiger partial charge in [-0.05, 0) is 33.3 Å². The molecule has 1 aliphatic rings. The van der Waals surface area contributed by atoms with Crippen LogP contribution in [0.25, 0.3) is 0 Å².